The molecule has 0 rings (SSSR count). The van der Waals surface area contributed by atoms with Gasteiger partial charge in [-0.05, 0) is 15.1 Å². The van der Waals surface area contributed by atoms with E-state index in [4.69, 9.17) is 0 Å². The van der Waals surface area contributed by atoms with Crippen LogP contribution in [0.1, 0.15) is 125 Å². The van der Waals surface area contributed by atoms with Gasteiger partial charge in [-0.15, -0.1) is 7.42 Å². The summed E-state index contributed by atoms with van der Waals surface area (Å²) in [5.74, 6) is 0. The van der Waals surface area contributed by atoms with Crippen molar-refractivity contribution in [2.75, 3.05) is 0 Å². The zero-order chi connectivity index (χ0) is 24.1. The summed E-state index contributed by atoms with van der Waals surface area (Å²) in [6.45, 7) is 45.7. The number of hydrogen-bond donors (Lipinski definition) is 0. The third-order valence-corrected chi connectivity index (χ3v) is 47.0. The van der Waals surface area contributed by atoms with E-state index in [1.54, 1.807) is 22.8 Å². The van der Waals surface area contributed by atoms with E-state index >= 15 is 0 Å². The summed E-state index contributed by atoms with van der Waals surface area (Å²) in [6.07, 6.45) is 0. The van der Waals surface area contributed by atoms with E-state index in [0.717, 1.165) is 0 Å². The molecule has 0 heterocycles. The second-order valence-corrected chi connectivity index (χ2v) is 38.6. The Balaban J connectivity index is 0. The molecule has 0 aliphatic rings. The summed E-state index contributed by atoms with van der Waals surface area (Å²) in [6, 6.07) is 0. The van der Waals surface area contributed by atoms with Gasteiger partial charge < -0.3 is 7.82 Å². The van der Waals surface area contributed by atoms with Crippen LogP contribution in [0.25, 0.3) is 0 Å². The quantitative estimate of drug-likeness (QED) is 0.252. The molecule has 0 aromatic carbocycles. The second-order valence-electron chi connectivity index (χ2n) is 15.2. The van der Waals surface area contributed by atoms with Crippen LogP contribution in [0.2, 0.25) is 30.2 Å². The second kappa shape index (κ2) is 10.6. The first-order chi connectivity index (χ1) is 12.2. The fourth-order valence-electron chi connectivity index (χ4n) is 7.81. The van der Waals surface area contributed by atoms with E-state index in [0.29, 0.717) is 30.2 Å². The molecule has 0 N–H and O–H groups in total. The smallest absolute Gasteiger partial charge is 0.473 e. The summed E-state index contributed by atoms with van der Waals surface area (Å²) in [7, 11) is 1.76. The molecular weight excluding hydrogens is 476 g/mol. The van der Waals surface area contributed by atoms with E-state index in [1.165, 1.54) is 0 Å². The maximum atomic E-state index is 2.54. The Morgan fingerprint density at radius 1 is 0.433 bits per heavy atom. The average Bonchev–Trinajstić information content (AvgIpc) is 2.27. The third kappa shape index (κ3) is 6.65. The molecule has 0 nitrogen and oxygen atoms in total. The van der Waals surface area contributed by atoms with Crippen LogP contribution in [0.15, 0.2) is 0 Å². The van der Waals surface area contributed by atoms with Gasteiger partial charge in [-0.3, -0.25) is 7.56 Å². The first-order valence-corrected chi connectivity index (χ1v) is 21.1. The average molecular weight is 531 g/mol. The van der Waals surface area contributed by atoms with Crippen LogP contribution in [0.4, 0.5) is 0 Å². The molecular formula is C24H54KP3Si2. The Kier molecular flexibility index (Phi) is 12.5. The molecule has 0 unspecified atom stereocenters. The molecule has 0 radical (unpaired) electrons. The van der Waals surface area contributed by atoms with Crippen LogP contribution >= 0.6 is 22.8 Å². The maximum absolute atomic E-state index is 2.54. The van der Waals surface area contributed by atoms with Gasteiger partial charge in [0.2, 0.25) is 0 Å². The Morgan fingerprint density at radius 2 is 0.667 bits per heavy atom. The normalized spacial score (nSPS) is 16.5. The standard InChI is InChI=1S/C24H54P3Si2.K/c1-19(2,3)28(20(4,5)6,21(7,8)9)26-25-27-29(22(10,11)12,23(13,14)15)24(16,17)18;/h1-18H3;/q-1;+1. The molecule has 0 spiro atoms. The van der Waals surface area contributed by atoms with Crippen LogP contribution < -0.4 is 51.4 Å². The Bertz CT molecular complexity index is 515. The summed E-state index contributed by atoms with van der Waals surface area (Å²) in [5, 5.41) is 2.27. The molecule has 30 heavy (non-hydrogen) atoms. The Labute approximate surface area is 241 Å². The van der Waals surface area contributed by atoms with E-state index in [2.05, 4.69) is 125 Å². The van der Waals surface area contributed by atoms with Crippen molar-refractivity contribution in [1.29, 1.82) is 0 Å². The number of hydrogen-bond acceptors (Lipinski definition) is 0. The molecule has 0 saturated carbocycles. The molecule has 0 aromatic rings. The minimum Gasteiger partial charge on any atom is -0.473 e. The van der Waals surface area contributed by atoms with Crippen molar-refractivity contribution in [2.24, 2.45) is 0 Å². The van der Waals surface area contributed by atoms with Gasteiger partial charge in [-0.1, -0.05) is 147 Å². The van der Waals surface area contributed by atoms with Crippen molar-refractivity contribution in [2.45, 2.75) is 155 Å². The van der Waals surface area contributed by atoms with Gasteiger partial charge >= 0.3 is 51.4 Å². The molecule has 0 aliphatic heterocycles. The van der Waals surface area contributed by atoms with E-state index < -0.39 is 15.5 Å². The van der Waals surface area contributed by atoms with Crippen LogP contribution in [-0.4, -0.2) is 15.5 Å². The minimum absolute atomic E-state index is 0. The molecule has 0 amide bonds. The molecule has 6 heteroatoms. The molecule has 0 atom stereocenters. The molecule has 0 fully saturated rings. The fourth-order valence-corrected chi connectivity index (χ4v) is 60.9. The SMILES string of the molecule is CC(C)(C)[Si](P=P[P-][Si](C(C)(C)C)(C(C)(C)C)C(C)(C)C)(C(C)(C)C)C(C)(C)C.[K+]. The van der Waals surface area contributed by atoms with Gasteiger partial charge in [0.1, 0.15) is 7.74 Å². The summed E-state index contributed by atoms with van der Waals surface area (Å²) >= 11 is 0. The minimum atomic E-state index is -1.70. The zero-order valence-corrected chi connectivity index (χ0v) is 32.1. The molecule has 0 aliphatic carbocycles. The first-order valence-electron chi connectivity index (χ1n) is 11.3. The Morgan fingerprint density at radius 3 is 0.833 bits per heavy atom. The predicted molar refractivity (Wildman–Crippen MR) is 151 cm³/mol. The van der Waals surface area contributed by atoms with Crippen molar-refractivity contribution >= 4 is 38.3 Å². The zero-order valence-electron chi connectivity index (χ0n) is 24.3. The molecule has 0 saturated heterocycles. The largest absolute Gasteiger partial charge is 1.00 e. The predicted octanol–water partition coefficient (Wildman–Crippen LogP) is 9.35. The topological polar surface area (TPSA) is 0 Å². The van der Waals surface area contributed by atoms with Gasteiger partial charge in [-0.2, -0.15) is 0 Å². The van der Waals surface area contributed by atoms with Crippen molar-refractivity contribution in [3.8, 4) is 0 Å². The molecule has 0 aromatic heterocycles. The summed E-state index contributed by atoms with van der Waals surface area (Å²) in [5.41, 5.74) is 0. The van der Waals surface area contributed by atoms with E-state index in [-0.39, 0.29) is 51.4 Å². The van der Waals surface area contributed by atoms with Crippen molar-refractivity contribution in [1.82, 2.24) is 0 Å². The number of rotatable bonds is 3. The van der Waals surface area contributed by atoms with Crippen molar-refractivity contribution < 1.29 is 51.4 Å². The third-order valence-electron chi connectivity index (χ3n) is 6.90. The monoisotopic (exact) mass is 530 g/mol. The van der Waals surface area contributed by atoms with Gasteiger partial charge in [0.15, 0.2) is 0 Å². The van der Waals surface area contributed by atoms with E-state index in [1.807, 2.05) is 0 Å². The van der Waals surface area contributed by atoms with E-state index in [9.17, 15) is 0 Å². The van der Waals surface area contributed by atoms with Gasteiger partial charge in [-0.25, -0.2) is 0 Å². The van der Waals surface area contributed by atoms with Crippen LogP contribution in [0.5, 0.6) is 0 Å². The first kappa shape index (κ1) is 35.3. The van der Waals surface area contributed by atoms with Crippen LogP contribution in [-0.2, 0) is 0 Å². The fraction of sp³-hybridized carbons (Fsp3) is 1.00. The van der Waals surface area contributed by atoms with Crippen LogP contribution in [0.3, 0.4) is 0 Å². The summed E-state index contributed by atoms with van der Waals surface area (Å²) in [4.78, 5) is 0. The molecule has 174 valence electrons. The molecule has 0 bridgehead atoms. The van der Waals surface area contributed by atoms with Crippen molar-refractivity contribution in [3.63, 3.8) is 0 Å². The van der Waals surface area contributed by atoms with Crippen molar-refractivity contribution in [3.05, 3.63) is 0 Å². The van der Waals surface area contributed by atoms with Gasteiger partial charge in [0.05, 0.1) is 0 Å². The van der Waals surface area contributed by atoms with Crippen LogP contribution in [0, 0.1) is 0 Å². The maximum Gasteiger partial charge on any atom is 1.00 e. The van der Waals surface area contributed by atoms with Gasteiger partial charge in [0, 0.05) is 0 Å². The van der Waals surface area contributed by atoms with Gasteiger partial charge in [0.25, 0.3) is 0 Å². The summed E-state index contributed by atoms with van der Waals surface area (Å²) < 4.78 is 0. The Hall–Kier alpha value is 3.10.